The first-order valence-corrected chi connectivity index (χ1v) is 7.85. The van der Waals surface area contributed by atoms with E-state index in [1.165, 1.54) is 12.2 Å². The first kappa shape index (κ1) is 18.2. The van der Waals surface area contributed by atoms with E-state index in [1.54, 1.807) is 18.3 Å². The summed E-state index contributed by atoms with van der Waals surface area (Å²) in [7, 11) is 0. The number of hydrogen-bond donors (Lipinski definition) is 1. The minimum atomic E-state index is -0.490. The maximum absolute atomic E-state index is 12.3. The van der Waals surface area contributed by atoms with Crippen molar-refractivity contribution in [3.05, 3.63) is 83.6 Å². The number of nitriles is 1. The number of halogens is 1. The number of allylic oxidation sites excluding steroid dienone is 2. The molecule has 0 aliphatic carbocycles. The molecule has 1 N–H and O–H groups in total. The van der Waals surface area contributed by atoms with E-state index < -0.39 is 5.91 Å². The number of carbonyl (C=O) groups excluding carboxylic acids is 1. The molecular weight excluding hydrogens is 334 g/mol. The lowest BCUT2D eigenvalue weighted by molar-refractivity contribution is -0.116. The average Bonchev–Trinajstić information content (AvgIpc) is 2.66. The molecule has 0 aliphatic heterocycles. The highest BCUT2D eigenvalue weighted by molar-refractivity contribution is 6.31. The van der Waals surface area contributed by atoms with Gasteiger partial charge in [-0.15, -0.1) is 0 Å². The van der Waals surface area contributed by atoms with Crippen LogP contribution in [-0.4, -0.2) is 17.4 Å². The second-order valence-electron chi connectivity index (χ2n) is 5.05. The van der Waals surface area contributed by atoms with E-state index in [0.29, 0.717) is 10.6 Å². The van der Waals surface area contributed by atoms with Gasteiger partial charge in [-0.3, -0.25) is 9.78 Å². The topological polar surface area (TPSA) is 65.8 Å². The van der Waals surface area contributed by atoms with E-state index in [1.807, 2.05) is 30.3 Å². The molecule has 0 fully saturated rings. The Bertz CT molecular complexity index is 930. The number of fused-ring (bicyclic) bond motifs is 1. The molecule has 25 heavy (non-hydrogen) atoms. The lowest BCUT2D eigenvalue weighted by Crippen LogP contribution is -2.26. The molecule has 1 heterocycles. The Kier molecular flexibility index (Phi) is 6.27. The molecule has 5 heteroatoms. The van der Waals surface area contributed by atoms with E-state index >= 15 is 0 Å². The summed E-state index contributed by atoms with van der Waals surface area (Å²) in [6.07, 6.45) is 6.19. The minimum absolute atomic E-state index is 0.00510. The average molecular weight is 350 g/mol. The predicted octanol–water partition coefficient (Wildman–Crippen LogP) is 4.12. The Morgan fingerprint density at radius 1 is 1.28 bits per heavy atom. The molecule has 1 amide bonds. The third-order valence-corrected chi connectivity index (χ3v) is 3.92. The fourth-order valence-corrected chi connectivity index (χ4v) is 2.35. The Morgan fingerprint density at radius 2 is 2.04 bits per heavy atom. The van der Waals surface area contributed by atoms with E-state index in [0.717, 1.165) is 16.5 Å². The summed E-state index contributed by atoms with van der Waals surface area (Å²) in [5.41, 5.74) is 2.16. The van der Waals surface area contributed by atoms with Crippen molar-refractivity contribution < 1.29 is 4.79 Å². The first-order valence-electron chi connectivity index (χ1n) is 7.48. The van der Waals surface area contributed by atoms with Gasteiger partial charge in [-0.25, -0.2) is 0 Å². The fourth-order valence-electron chi connectivity index (χ4n) is 2.20. The number of hydrogen-bond acceptors (Lipinski definition) is 3. The van der Waals surface area contributed by atoms with Gasteiger partial charge in [0.1, 0.15) is 11.6 Å². The van der Waals surface area contributed by atoms with E-state index in [4.69, 9.17) is 11.6 Å². The van der Waals surface area contributed by atoms with Crippen molar-refractivity contribution in [1.82, 2.24) is 10.3 Å². The molecule has 0 spiro atoms. The molecule has 0 radical (unpaired) electrons. The lowest BCUT2D eigenvalue weighted by atomic mass is 10.1. The van der Waals surface area contributed by atoms with Crippen molar-refractivity contribution in [3.8, 4) is 6.07 Å². The molecule has 0 unspecified atom stereocenters. The van der Waals surface area contributed by atoms with Gasteiger partial charge in [0.25, 0.3) is 5.91 Å². The van der Waals surface area contributed by atoms with Crippen molar-refractivity contribution in [2.75, 3.05) is 6.54 Å². The highest BCUT2D eigenvalue weighted by Gasteiger charge is 2.11. The summed E-state index contributed by atoms with van der Waals surface area (Å²) in [5, 5.41) is 13.3. The zero-order valence-electron chi connectivity index (χ0n) is 13.5. The van der Waals surface area contributed by atoms with Crippen molar-refractivity contribution in [3.63, 3.8) is 0 Å². The summed E-state index contributed by atoms with van der Waals surface area (Å²) >= 11 is 5.98. The smallest absolute Gasteiger partial charge is 0.262 e. The number of carbonyl (C=O) groups is 1. The number of amides is 1. The number of rotatable bonds is 6. The van der Waals surface area contributed by atoms with Crippen LogP contribution in [0.15, 0.2) is 78.0 Å². The van der Waals surface area contributed by atoms with Crippen LogP contribution in [0, 0.1) is 11.3 Å². The number of aromatic nitrogens is 1. The molecule has 0 atom stereocenters. The normalized spacial score (nSPS) is 12.1. The molecular formula is C20H16ClN3O. The molecule has 2 aromatic rings. The monoisotopic (exact) mass is 349 g/mol. The fraction of sp³-hybridized carbons (Fsp3) is 0.0500. The van der Waals surface area contributed by atoms with E-state index in [-0.39, 0.29) is 12.1 Å². The van der Waals surface area contributed by atoms with E-state index in [9.17, 15) is 10.1 Å². The Morgan fingerprint density at radius 3 is 2.72 bits per heavy atom. The molecule has 1 aromatic carbocycles. The molecule has 0 saturated carbocycles. The standard InChI is InChI=1S/C20H16ClN3O/c1-3-14(18(21)4-2)13-24-20(25)16(12-22)11-15-9-10-23-19-8-6-5-7-17(15)19/h3-11H,1-2,13H2,(H,24,25)/b16-11+,18-14-. The van der Waals surface area contributed by atoms with Crippen LogP contribution in [0.1, 0.15) is 5.56 Å². The molecule has 1 aromatic heterocycles. The lowest BCUT2D eigenvalue weighted by Gasteiger charge is -2.07. The number of pyridine rings is 1. The second-order valence-corrected chi connectivity index (χ2v) is 5.46. The van der Waals surface area contributed by atoms with Gasteiger partial charge in [0.05, 0.1) is 5.52 Å². The van der Waals surface area contributed by atoms with Gasteiger partial charge in [0.15, 0.2) is 0 Å². The van der Waals surface area contributed by atoms with Crippen LogP contribution in [-0.2, 0) is 4.79 Å². The van der Waals surface area contributed by atoms with Crippen LogP contribution in [0.2, 0.25) is 0 Å². The van der Waals surface area contributed by atoms with E-state index in [2.05, 4.69) is 23.5 Å². The third-order valence-electron chi connectivity index (χ3n) is 3.52. The van der Waals surface area contributed by atoms with Gasteiger partial charge >= 0.3 is 0 Å². The van der Waals surface area contributed by atoms with Crippen LogP contribution in [0.25, 0.3) is 17.0 Å². The number of para-hydroxylation sites is 1. The summed E-state index contributed by atoms with van der Waals surface area (Å²) in [5.74, 6) is -0.490. The van der Waals surface area contributed by atoms with Gasteiger partial charge < -0.3 is 5.32 Å². The van der Waals surface area contributed by atoms with Gasteiger partial charge in [0.2, 0.25) is 0 Å². The highest BCUT2D eigenvalue weighted by Crippen LogP contribution is 2.19. The molecule has 0 bridgehead atoms. The zero-order chi connectivity index (χ0) is 18.2. The second kappa shape index (κ2) is 8.62. The minimum Gasteiger partial charge on any atom is -0.347 e. The maximum atomic E-state index is 12.3. The summed E-state index contributed by atoms with van der Waals surface area (Å²) in [6, 6.07) is 11.2. The van der Waals surface area contributed by atoms with Crippen molar-refractivity contribution >= 4 is 34.5 Å². The Labute approximate surface area is 151 Å². The molecule has 0 saturated heterocycles. The molecule has 4 nitrogen and oxygen atoms in total. The quantitative estimate of drug-likeness (QED) is 0.484. The number of benzene rings is 1. The van der Waals surface area contributed by atoms with Crippen LogP contribution < -0.4 is 5.32 Å². The van der Waals surface area contributed by atoms with Crippen molar-refractivity contribution in [2.24, 2.45) is 0 Å². The maximum Gasteiger partial charge on any atom is 0.262 e. The summed E-state index contributed by atoms with van der Waals surface area (Å²) in [6.45, 7) is 7.38. The van der Waals surface area contributed by atoms with Crippen LogP contribution in [0.3, 0.4) is 0 Å². The highest BCUT2D eigenvalue weighted by atomic mass is 35.5. The summed E-state index contributed by atoms with van der Waals surface area (Å²) in [4.78, 5) is 16.6. The van der Waals surface area contributed by atoms with Gasteiger partial charge in [-0.05, 0) is 29.3 Å². The van der Waals surface area contributed by atoms with Crippen LogP contribution in [0.5, 0.6) is 0 Å². The Balaban J connectivity index is 2.28. The zero-order valence-corrected chi connectivity index (χ0v) is 14.3. The van der Waals surface area contributed by atoms with Gasteiger partial charge in [-0.2, -0.15) is 5.26 Å². The molecule has 0 aliphatic rings. The number of nitrogens with one attached hydrogen (secondary N) is 1. The van der Waals surface area contributed by atoms with Gasteiger partial charge in [0, 0.05) is 23.2 Å². The van der Waals surface area contributed by atoms with Gasteiger partial charge in [-0.1, -0.05) is 55.1 Å². The first-order chi connectivity index (χ1) is 12.1. The third kappa shape index (κ3) is 4.43. The predicted molar refractivity (Wildman–Crippen MR) is 102 cm³/mol. The molecule has 124 valence electrons. The molecule has 2 rings (SSSR count). The van der Waals surface area contributed by atoms with Crippen LogP contribution in [0.4, 0.5) is 0 Å². The summed E-state index contributed by atoms with van der Waals surface area (Å²) < 4.78 is 0. The Hall–Kier alpha value is -3.16. The van der Waals surface area contributed by atoms with Crippen molar-refractivity contribution in [1.29, 1.82) is 5.26 Å². The number of nitrogens with zero attached hydrogens (tertiary/aromatic N) is 2. The SMILES string of the molecule is C=C/C(Cl)=C(\C=C)CNC(=O)/C(C#N)=C/c1ccnc2ccccc12. The largest absolute Gasteiger partial charge is 0.347 e. The van der Waals surface area contributed by atoms with Crippen molar-refractivity contribution in [2.45, 2.75) is 0 Å². The van der Waals surface area contributed by atoms with Crippen LogP contribution >= 0.6 is 11.6 Å².